The maximum Gasteiger partial charge on any atom is 0.330 e. The number of anilines is 2. The van der Waals surface area contributed by atoms with Crippen molar-refractivity contribution in [2.45, 2.75) is 13.5 Å². The van der Waals surface area contributed by atoms with Crippen molar-refractivity contribution >= 4 is 11.5 Å². The maximum atomic E-state index is 12.4. The normalized spacial score (nSPS) is 10.6. The molecule has 0 atom stereocenters. The van der Waals surface area contributed by atoms with Crippen LogP contribution in [0.2, 0.25) is 0 Å². The molecular formula is C21H24N4O3. The number of aromatic amines is 1. The van der Waals surface area contributed by atoms with Crippen LogP contribution in [-0.4, -0.2) is 29.8 Å². The Balaban J connectivity index is 1.79. The third kappa shape index (κ3) is 4.25. The van der Waals surface area contributed by atoms with E-state index in [0.717, 1.165) is 16.9 Å². The van der Waals surface area contributed by atoms with Gasteiger partial charge in [0.05, 0.1) is 13.1 Å². The summed E-state index contributed by atoms with van der Waals surface area (Å²) in [7, 11) is 1.75. The second kappa shape index (κ2) is 8.47. The molecule has 2 aromatic carbocycles. The molecule has 3 rings (SSSR count). The lowest BCUT2D eigenvalue weighted by atomic mass is 10.2. The summed E-state index contributed by atoms with van der Waals surface area (Å²) in [5.74, 6) is 0.933. The minimum absolute atomic E-state index is 0.135. The number of aromatic nitrogens is 2. The Morgan fingerprint density at radius 2 is 1.75 bits per heavy atom. The number of likely N-dealkylation sites (N-methyl/N-ethyl adjacent to an activating group) is 1. The van der Waals surface area contributed by atoms with E-state index in [9.17, 15) is 9.59 Å². The van der Waals surface area contributed by atoms with Crippen LogP contribution in [-0.2, 0) is 6.54 Å². The van der Waals surface area contributed by atoms with Crippen LogP contribution in [0.5, 0.6) is 5.75 Å². The summed E-state index contributed by atoms with van der Waals surface area (Å²) in [5, 5.41) is 0. The monoisotopic (exact) mass is 380 g/mol. The Hall–Kier alpha value is -3.48. The molecule has 3 N–H and O–H groups in total. The lowest BCUT2D eigenvalue weighted by Gasteiger charge is -2.22. The van der Waals surface area contributed by atoms with E-state index in [-0.39, 0.29) is 18.1 Å². The fourth-order valence-electron chi connectivity index (χ4n) is 2.99. The maximum absolute atomic E-state index is 12.4. The van der Waals surface area contributed by atoms with Crippen molar-refractivity contribution in [2.75, 3.05) is 30.8 Å². The first-order valence-corrected chi connectivity index (χ1v) is 9.03. The van der Waals surface area contributed by atoms with Crippen LogP contribution in [0.25, 0.3) is 0 Å². The molecular weight excluding hydrogens is 356 g/mol. The van der Waals surface area contributed by atoms with Crippen molar-refractivity contribution in [1.29, 1.82) is 0 Å². The van der Waals surface area contributed by atoms with Gasteiger partial charge in [-0.05, 0) is 24.1 Å². The van der Waals surface area contributed by atoms with Crippen LogP contribution in [0.1, 0.15) is 11.1 Å². The first-order chi connectivity index (χ1) is 13.5. The molecule has 0 fully saturated rings. The second-order valence-electron chi connectivity index (χ2n) is 6.60. The summed E-state index contributed by atoms with van der Waals surface area (Å²) in [6.45, 7) is 3.06. The van der Waals surface area contributed by atoms with Gasteiger partial charge in [-0.15, -0.1) is 0 Å². The third-order valence-electron chi connectivity index (χ3n) is 4.56. The highest BCUT2D eigenvalue weighted by molar-refractivity contribution is 5.62. The van der Waals surface area contributed by atoms with Crippen LogP contribution in [0.4, 0.5) is 11.5 Å². The van der Waals surface area contributed by atoms with E-state index in [1.54, 1.807) is 11.9 Å². The lowest BCUT2D eigenvalue weighted by Crippen LogP contribution is -2.38. The van der Waals surface area contributed by atoms with Crippen molar-refractivity contribution in [3.63, 3.8) is 0 Å². The van der Waals surface area contributed by atoms with Gasteiger partial charge in [0.1, 0.15) is 23.9 Å². The number of benzene rings is 2. The molecule has 0 aliphatic rings. The minimum Gasteiger partial charge on any atom is -0.491 e. The molecule has 0 saturated heterocycles. The molecule has 1 heterocycles. The van der Waals surface area contributed by atoms with E-state index in [1.807, 2.05) is 61.5 Å². The average molecular weight is 380 g/mol. The third-order valence-corrected chi connectivity index (χ3v) is 4.56. The Morgan fingerprint density at radius 3 is 2.46 bits per heavy atom. The van der Waals surface area contributed by atoms with Gasteiger partial charge < -0.3 is 15.4 Å². The largest absolute Gasteiger partial charge is 0.491 e. The fourth-order valence-corrected chi connectivity index (χ4v) is 2.99. The number of hydrogen-bond donors (Lipinski definition) is 2. The van der Waals surface area contributed by atoms with Gasteiger partial charge in [-0.2, -0.15) is 0 Å². The van der Waals surface area contributed by atoms with E-state index in [1.165, 1.54) is 4.57 Å². The minimum atomic E-state index is -0.528. The Bertz CT molecular complexity index is 1060. The number of aryl methyl sites for hydroxylation is 1. The van der Waals surface area contributed by atoms with Crippen molar-refractivity contribution in [1.82, 2.24) is 9.55 Å². The van der Waals surface area contributed by atoms with Gasteiger partial charge in [-0.3, -0.25) is 14.3 Å². The van der Waals surface area contributed by atoms with Gasteiger partial charge in [0.15, 0.2) is 0 Å². The number of para-hydroxylation sites is 1. The van der Waals surface area contributed by atoms with Gasteiger partial charge in [0.25, 0.3) is 5.56 Å². The Kier molecular flexibility index (Phi) is 5.84. The number of rotatable bonds is 7. The van der Waals surface area contributed by atoms with E-state index in [4.69, 9.17) is 10.5 Å². The van der Waals surface area contributed by atoms with Gasteiger partial charge in [-0.25, -0.2) is 4.79 Å². The van der Waals surface area contributed by atoms with Crippen LogP contribution in [0, 0.1) is 6.92 Å². The summed E-state index contributed by atoms with van der Waals surface area (Å²) >= 11 is 0. The van der Waals surface area contributed by atoms with Gasteiger partial charge in [0, 0.05) is 7.05 Å². The fraction of sp³-hybridized carbons (Fsp3) is 0.238. The van der Waals surface area contributed by atoms with Gasteiger partial charge in [-0.1, -0.05) is 48.5 Å². The summed E-state index contributed by atoms with van der Waals surface area (Å²) in [6, 6.07) is 17.2. The molecule has 0 radical (unpaired) electrons. The topological polar surface area (TPSA) is 93.3 Å². The molecule has 7 heteroatoms. The molecule has 0 saturated carbocycles. The summed E-state index contributed by atoms with van der Waals surface area (Å²) in [4.78, 5) is 28.7. The molecule has 7 nitrogen and oxygen atoms in total. The van der Waals surface area contributed by atoms with Crippen LogP contribution >= 0.6 is 0 Å². The number of nitrogens with two attached hydrogens (primary N) is 1. The highest BCUT2D eigenvalue weighted by Crippen LogP contribution is 2.18. The zero-order valence-electron chi connectivity index (χ0n) is 16.0. The van der Waals surface area contributed by atoms with Crippen LogP contribution in [0.3, 0.4) is 0 Å². The second-order valence-corrected chi connectivity index (χ2v) is 6.60. The van der Waals surface area contributed by atoms with Crippen molar-refractivity contribution in [3.05, 3.63) is 86.6 Å². The van der Waals surface area contributed by atoms with Crippen LogP contribution < -0.4 is 26.6 Å². The molecule has 0 aliphatic carbocycles. The summed E-state index contributed by atoms with van der Waals surface area (Å²) in [5.41, 5.74) is 7.37. The SMILES string of the molecule is Cc1ccccc1OCCN(C)c1c(N)n(Cc2ccccc2)c(=O)[nH]c1=O. The first-order valence-electron chi connectivity index (χ1n) is 9.03. The first kappa shape index (κ1) is 19.3. The predicted octanol–water partition coefficient (Wildman–Crippen LogP) is 1.99. The number of ether oxygens (including phenoxy) is 1. The van der Waals surface area contributed by atoms with Crippen molar-refractivity contribution < 1.29 is 4.74 Å². The van der Waals surface area contributed by atoms with Crippen LogP contribution in [0.15, 0.2) is 64.2 Å². The number of nitrogens with zero attached hydrogens (tertiary/aromatic N) is 2. The molecule has 146 valence electrons. The standard InChI is InChI=1S/C21H24N4O3/c1-15-8-6-7-11-17(15)28-13-12-24(2)18-19(22)25(21(27)23-20(18)26)14-16-9-4-3-5-10-16/h3-11H,12-14,22H2,1-2H3,(H,23,26,27). The van der Waals surface area contributed by atoms with Gasteiger partial charge in [0.2, 0.25) is 0 Å². The number of nitrogens with one attached hydrogen (secondary N) is 1. The molecule has 28 heavy (non-hydrogen) atoms. The molecule has 3 aromatic rings. The van der Waals surface area contributed by atoms with E-state index >= 15 is 0 Å². The van der Waals surface area contributed by atoms with E-state index < -0.39 is 11.2 Å². The number of hydrogen-bond acceptors (Lipinski definition) is 5. The molecule has 1 aromatic heterocycles. The highest BCUT2D eigenvalue weighted by Gasteiger charge is 2.16. The number of nitrogen functional groups attached to an aromatic ring is 1. The Morgan fingerprint density at radius 1 is 1.07 bits per heavy atom. The van der Waals surface area contributed by atoms with E-state index in [0.29, 0.717) is 13.2 Å². The highest BCUT2D eigenvalue weighted by atomic mass is 16.5. The molecule has 0 bridgehead atoms. The Labute approximate surface area is 163 Å². The molecule has 0 spiro atoms. The smallest absolute Gasteiger partial charge is 0.330 e. The molecule has 0 unspecified atom stereocenters. The summed E-state index contributed by atoms with van der Waals surface area (Å²) < 4.78 is 7.16. The number of H-pyrrole nitrogens is 1. The molecule has 0 aliphatic heterocycles. The quantitative estimate of drug-likeness (QED) is 0.654. The predicted molar refractivity (Wildman–Crippen MR) is 111 cm³/mol. The van der Waals surface area contributed by atoms with Gasteiger partial charge >= 0.3 is 5.69 Å². The zero-order chi connectivity index (χ0) is 20.1. The zero-order valence-corrected chi connectivity index (χ0v) is 16.0. The van der Waals surface area contributed by atoms with Crippen molar-refractivity contribution in [3.8, 4) is 5.75 Å². The summed E-state index contributed by atoms with van der Waals surface area (Å²) in [6.07, 6.45) is 0. The molecule has 0 amide bonds. The average Bonchev–Trinajstić information content (AvgIpc) is 2.67. The van der Waals surface area contributed by atoms with E-state index in [2.05, 4.69) is 4.98 Å². The van der Waals surface area contributed by atoms with Crippen molar-refractivity contribution in [2.24, 2.45) is 0 Å². The lowest BCUT2D eigenvalue weighted by molar-refractivity contribution is 0.323.